The summed E-state index contributed by atoms with van der Waals surface area (Å²) in [5, 5.41) is 5.02. The topological polar surface area (TPSA) is 67.9 Å². The van der Waals surface area contributed by atoms with Crippen molar-refractivity contribution in [3.05, 3.63) is 82.0 Å². The van der Waals surface area contributed by atoms with E-state index in [0.29, 0.717) is 30.2 Å². The van der Waals surface area contributed by atoms with Gasteiger partial charge in [0, 0.05) is 28.7 Å². The largest absolute Gasteiger partial charge is 0.497 e. The average Bonchev–Trinajstić information content (AvgIpc) is 3.34. The van der Waals surface area contributed by atoms with E-state index in [1.165, 1.54) is 0 Å². The van der Waals surface area contributed by atoms with Crippen LogP contribution in [0.4, 0.5) is 5.69 Å². The molecule has 1 aliphatic heterocycles. The number of hydrogen-bond acceptors (Lipinski definition) is 5. The molecule has 1 N–H and O–H groups in total. The molecule has 0 bridgehead atoms. The van der Waals surface area contributed by atoms with Crippen molar-refractivity contribution >= 4 is 28.8 Å². The van der Waals surface area contributed by atoms with Gasteiger partial charge in [0.1, 0.15) is 5.75 Å². The second-order valence-corrected chi connectivity index (χ2v) is 9.14. The molecule has 2 atom stereocenters. The van der Waals surface area contributed by atoms with Gasteiger partial charge < -0.3 is 19.7 Å². The molecule has 6 nitrogen and oxygen atoms in total. The molecule has 3 aromatic rings. The van der Waals surface area contributed by atoms with Gasteiger partial charge >= 0.3 is 0 Å². The van der Waals surface area contributed by atoms with Crippen molar-refractivity contribution in [3.8, 4) is 5.75 Å². The summed E-state index contributed by atoms with van der Waals surface area (Å²) in [5.41, 5.74) is 1.94. The monoisotopic (exact) mass is 464 g/mol. The van der Waals surface area contributed by atoms with Gasteiger partial charge in [-0.2, -0.15) is 0 Å². The fourth-order valence-corrected chi connectivity index (χ4v) is 5.08. The van der Waals surface area contributed by atoms with E-state index >= 15 is 0 Å². The minimum atomic E-state index is -0.567. The van der Waals surface area contributed by atoms with Gasteiger partial charge in [0.15, 0.2) is 0 Å². The number of nitrogens with zero attached hydrogens (tertiary/aromatic N) is 1. The smallest absolute Gasteiger partial charge is 0.254 e. The molecular weight excluding hydrogens is 436 g/mol. The summed E-state index contributed by atoms with van der Waals surface area (Å²) >= 11 is 1.55. The summed E-state index contributed by atoms with van der Waals surface area (Å²) < 4.78 is 11.1. The molecule has 2 heterocycles. The number of ether oxygens (including phenoxy) is 2. The molecule has 0 spiro atoms. The number of thiophene rings is 1. The fourth-order valence-electron chi connectivity index (χ4n) is 4.20. The first-order chi connectivity index (χ1) is 16.0. The SMILES string of the molecule is COc1cccc(NC(=O)C2c3ccccc3C(=O)N(CCOC(C)C)C2c2cccs2)c1. The van der Waals surface area contributed by atoms with Crippen molar-refractivity contribution < 1.29 is 19.1 Å². The number of nitrogens with one attached hydrogen (secondary N) is 1. The summed E-state index contributed by atoms with van der Waals surface area (Å²) in [6.07, 6.45) is 0.0597. The van der Waals surface area contributed by atoms with Crippen LogP contribution in [0.2, 0.25) is 0 Å². The Balaban J connectivity index is 1.74. The van der Waals surface area contributed by atoms with Gasteiger partial charge in [-0.05, 0) is 49.1 Å². The highest BCUT2D eigenvalue weighted by Crippen LogP contribution is 2.44. The van der Waals surface area contributed by atoms with E-state index in [0.717, 1.165) is 10.4 Å². The van der Waals surface area contributed by atoms with Crippen LogP contribution >= 0.6 is 11.3 Å². The molecular formula is C26H28N2O4S. The molecule has 2 aromatic carbocycles. The maximum absolute atomic E-state index is 13.8. The number of amides is 2. The lowest BCUT2D eigenvalue weighted by atomic mass is 9.81. The Morgan fingerprint density at radius 1 is 1.12 bits per heavy atom. The highest BCUT2D eigenvalue weighted by Gasteiger charge is 2.44. The zero-order valence-corrected chi connectivity index (χ0v) is 19.8. The van der Waals surface area contributed by atoms with Crippen LogP contribution in [-0.4, -0.2) is 43.1 Å². The molecule has 1 aromatic heterocycles. The molecule has 7 heteroatoms. The van der Waals surface area contributed by atoms with Gasteiger partial charge in [-0.1, -0.05) is 30.3 Å². The van der Waals surface area contributed by atoms with Gasteiger partial charge in [-0.3, -0.25) is 9.59 Å². The Hall–Kier alpha value is -3.16. The predicted molar refractivity (Wildman–Crippen MR) is 130 cm³/mol. The van der Waals surface area contributed by atoms with Crippen LogP contribution in [0.1, 0.15) is 46.6 Å². The average molecular weight is 465 g/mol. The fraction of sp³-hybridized carbons (Fsp3) is 0.308. The Morgan fingerprint density at radius 3 is 2.67 bits per heavy atom. The van der Waals surface area contributed by atoms with Crippen LogP contribution in [-0.2, 0) is 9.53 Å². The van der Waals surface area contributed by atoms with Gasteiger partial charge in [-0.25, -0.2) is 0 Å². The minimum absolute atomic E-state index is 0.0597. The van der Waals surface area contributed by atoms with Crippen LogP contribution in [0.5, 0.6) is 5.75 Å². The summed E-state index contributed by atoms with van der Waals surface area (Å²) in [5.74, 6) is -0.157. The molecule has 0 saturated heterocycles. The first kappa shape index (κ1) is 23.0. The zero-order chi connectivity index (χ0) is 23.4. The third-order valence-corrected chi connectivity index (χ3v) is 6.62. The first-order valence-corrected chi connectivity index (χ1v) is 11.9. The number of benzene rings is 2. The molecule has 0 saturated carbocycles. The number of carbonyl (C=O) groups is 2. The van der Waals surface area contributed by atoms with Gasteiger partial charge in [-0.15, -0.1) is 11.3 Å². The van der Waals surface area contributed by atoms with Crippen LogP contribution in [0.25, 0.3) is 0 Å². The summed E-state index contributed by atoms with van der Waals surface area (Å²) in [6, 6.07) is 18.2. The minimum Gasteiger partial charge on any atom is -0.497 e. The second-order valence-electron chi connectivity index (χ2n) is 8.16. The van der Waals surface area contributed by atoms with Crippen molar-refractivity contribution in [1.82, 2.24) is 4.90 Å². The molecule has 33 heavy (non-hydrogen) atoms. The molecule has 0 fully saturated rings. The molecule has 0 radical (unpaired) electrons. The lowest BCUT2D eigenvalue weighted by molar-refractivity contribution is -0.119. The number of methoxy groups -OCH3 is 1. The highest BCUT2D eigenvalue weighted by atomic mass is 32.1. The number of hydrogen-bond donors (Lipinski definition) is 1. The van der Waals surface area contributed by atoms with Crippen LogP contribution in [0.3, 0.4) is 0 Å². The maximum atomic E-state index is 13.8. The van der Waals surface area contributed by atoms with E-state index < -0.39 is 12.0 Å². The Kier molecular flexibility index (Phi) is 7.11. The van der Waals surface area contributed by atoms with Crippen LogP contribution in [0, 0.1) is 0 Å². The standard InChI is InChI=1S/C26H28N2O4S/c1-17(2)32-14-13-28-24(22-12-7-15-33-22)23(20-10-4-5-11-21(20)26(28)30)25(29)27-18-8-6-9-19(16-18)31-3/h4-12,15-17,23-24H,13-14H2,1-3H3,(H,27,29). The van der Waals surface area contributed by atoms with Crippen molar-refractivity contribution in [1.29, 1.82) is 0 Å². The number of fused-ring (bicyclic) bond motifs is 1. The van der Waals surface area contributed by atoms with Crippen LogP contribution in [0.15, 0.2) is 66.0 Å². The van der Waals surface area contributed by atoms with Crippen molar-refractivity contribution in [2.45, 2.75) is 31.9 Å². The number of anilines is 1. The van der Waals surface area contributed by atoms with E-state index in [2.05, 4.69) is 5.32 Å². The van der Waals surface area contributed by atoms with Gasteiger partial charge in [0.25, 0.3) is 5.91 Å². The van der Waals surface area contributed by atoms with Crippen LogP contribution < -0.4 is 10.1 Å². The third kappa shape index (κ3) is 4.94. The molecule has 0 aliphatic carbocycles. The summed E-state index contributed by atoms with van der Waals surface area (Å²) in [4.78, 5) is 30.0. The maximum Gasteiger partial charge on any atom is 0.254 e. The third-order valence-electron chi connectivity index (χ3n) is 5.68. The van der Waals surface area contributed by atoms with E-state index in [1.807, 2.05) is 67.8 Å². The highest BCUT2D eigenvalue weighted by molar-refractivity contribution is 7.10. The molecule has 2 unspecified atom stereocenters. The Labute approximate surface area is 198 Å². The quantitative estimate of drug-likeness (QED) is 0.504. The van der Waals surface area contributed by atoms with Crippen molar-refractivity contribution in [3.63, 3.8) is 0 Å². The lowest BCUT2D eigenvalue weighted by Crippen LogP contribution is -2.47. The summed E-state index contributed by atoms with van der Waals surface area (Å²) in [7, 11) is 1.59. The summed E-state index contributed by atoms with van der Waals surface area (Å²) in [6.45, 7) is 4.73. The number of rotatable bonds is 8. The second kappa shape index (κ2) is 10.2. The lowest BCUT2D eigenvalue weighted by Gasteiger charge is -2.41. The van der Waals surface area contributed by atoms with Crippen molar-refractivity contribution in [2.24, 2.45) is 0 Å². The van der Waals surface area contributed by atoms with Gasteiger partial charge in [0.05, 0.1) is 31.8 Å². The van der Waals surface area contributed by atoms with Gasteiger partial charge in [0.2, 0.25) is 5.91 Å². The van der Waals surface area contributed by atoms with Crippen molar-refractivity contribution in [2.75, 3.05) is 25.6 Å². The number of carbonyl (C=O) groups excluding carboxylic acids is 2. The van der Waals surface area contributed by atoms with E-state index in [-0.39, 0.29) is 17.9 Å². The molecule has 2 amide bonds. The van der Waals surface area contributed by atoms with E-state index in [1.54, 1.807) is 35.5 Å². The predicted octanol–water partition coefficient (Wildman–Crippen LogP) is 5.10. The normalized spacial score (nSPS) is 17.7. The Morgan fingerprint density at radius 2 is 1.94 bits per heavy atom. The first-order valence-electron chi connectivity index (χ1n) is 11.0. The van der Waals surface area contributed by atoms with E-state index in [4.69, 9.17) is 9.47 Å². The molecule has 4 rings (SSSR count). The van der Waals surface area contributed by atoms with E-state index in [9.17, 15) is 9.59 Å². The molecule has 172 valence electrons. The Bertz CT molecular complexity index is 1110. The zero-order valence-electron chi connectivity index (χ0n) is 19.0. The molecule has 1 aliphatic rings.